The normalized spacial score (nSPS) is 13.6. The Kier molecular flexibility index (Phi) is 5.13. The van der Waals surface area contributed by atoms with E-state index in [9.17, 15) is 4.79 Å². The number of amides is 1. The van der Waals surface area contributed by atoms with Crippen LogP contribution in [0.2, 0.25) is 0 Å². The molecule has 1 fully saturated rings. The summed E-state index contributed by atoms with van der Waals surface area (Å²) in [5.74, 6) is 1.20. The molecule has 4 aromatic rings. The highest BCUT2D eigenvalue weighted by Crippen LogP contribution is 2.28. The molecule has 0 saturated heterocycles. The first kappa shape index (κ1) is 20.2. The molecule has 5 rings (SSSR count). The molecule has 8 heteroatoms. The van der Waals surface area contributed by atoms with Crippen LogP contribution >= 0.6 is 0 Å². The molecular weight excluding hydrogens is 402 g/mol. The van der Waals surface area contributed by atoms with Gasteiger partial charge in [-0.25, -0.2) is 9.97 Å². The van der Waals surface area contributed by atoms with Crippen molar-refractivity contribution in [1.29, 1.82) is 0 Å². The predicted octanol–water partition coefficient (Wildman–Crippen LogP) is 3.76. The maximum atomic E-state index is 12.3. The van der Waals surface area contributed by atoms with Crippen LogP contribution in [0.15, 0.2) is 49.1 Å². The van der Waals surface area contributed by atoms with Gasteiger partial charge in [-0.3, -0.25) is 13.9 Å². The monoisotopic (exact) mass is 429 g/mol. The standard InChI is InChI=1S/C24H27N7O/c1-15(2)10-25-22-23-26-12-21(31(23)14-20(29-22)18-11-27-30(3)13-18)16-4-6-17(7-5-16)24(32)28-19-8-9-19/h4-7,11-15,19H,8-10H2,1-3H3,(H,25,29)(H,28,32). The van der Waals surface area contributed by atoms with Crippen LogP contribution < -0.4 is 10.6 Å². The second kappa shape index (κ2) is 8.11. The lowest BCUT2D eigenvalue weighted by molar-refractivity contribution is 0.0951. The smallest absolute Gasteiger partial charge is 0.251 e. The van der Waals surface area contributed by atoms with Crippen molar-refractivity contribution in [2.75, 3.05) is 11.9 Å². The van der Waals surface area contributed by atoms with Crippen molar-refractivity contribution in [2.45, 2.75) is 32.7 Å². The third-order valence-corrected chi connectivity index (χ3v) is 5.53. The lowest BCUT2D eigenvalue weighted by Crippen LogP contribution is -2.25. The van der Waals surface area contributed by atoms with Crippen LogP contribution in [0.4, 0.5) is 5.82 Å². The molecule has 2 N–H and O–H groups in total. The molecule has 3 aromatic heterocycles. The summed E-state index contributed by atoms with van der Waals surface area (Å²) >= 11 is 0. The number of hydrogen-bond donors (Lipinski definition) is 2. The van der Waals surface area contributed by atoms with Crippen LogP contribution in [0.5, 0.6) is 0 Å². The van der Waals surface area contributed by atoms with Gasteiger partial charge in [0.05, 0.1) is 23.8 Å². The largest absolute Gasteiger partial charge is 0.367 e. The van der Waals surface area contributed by atoms with Crippen molar-refractivity contribution >= 4 is 17.4 Å². The van der Waals surface area contributed by atoms with Gasteiger partial charge in [0.25, 0.3) is 5.91 Å². The summed E-state index contributed by atoms with van der Waals surface area (Å²) in [6, 6.07) is 8.02. The molecule has 0 atom stereocenters. The third-order valence-electron chi connectivity index (χ3n) is 5.53. The Labute approximate surface area is 186 Å². The minimum atomic E-state index is -0.0135. The van der Waals surface area contributed by atoms with Gasteiger partial charge in [0.1, 0.15) is 0 Å². The molecule has 0 radical (unpaired) electrons. The van der Waals surface area contributed by atoms with Gasteiger partial charge in [0.15, 0.2) is 11.5 Å². The van der Waals surface area contributed by atoms with E-state index >= 15 is 0 Å². The van der Waals surface area contributed by atoms with Crippen LogP contribution in [0, 0.1) is 5.92 Å². The number of carbonyl (C=O) groups is 1. The molecule has 1 aliphatic carbocycles. The second-order valence-corrected chi connectivity index (χ2v) is 8.81. The number of imidazole rings is 1. The average molecular weight is 430 g/mol. The molecule has 3 heterocycles. The fraction of sp³-hybridized carbons (Fsp3) is 0.333. The minimum Gasteiger partial charge on any atom is -0.367 e. The Balaban J connectivity index is 1.54. The highest BCUT2D eigenvalue weighted by atomic mass is 16.1. The average Bonchev–Trinajstić information content (AvgIpc) is 3.31. The topological polar surface area (TPSA) is 89.1 Å². The summed E-state index contributed by atoms with van der Waals surface area (Å²) < 4.78 is 3.82. The summed E-state index contributed by atoms with van der Waals surface area (Å²) in [5, 5.41) is 10.8. The Morgan fingerprint density at radius 1 is 1.12 bits per heavy atom. The van der Waals surface area contributed by atoms with E-state index in [0.717, 1.165) is 53.4 Å². The van der Waals surface area contributed by atoms with Gasteiger partial charge in [-0.1, -0.05) is 26.0 Å². The molecule has 0 bridgehead atoms. The van der Waals surface area contributed by atoms with Crippen molar-refractivity contribution < 1.29 is 4.79 Å². The number of anilines is 1. The minimum absolute atomic E-state index is 0.0135. The number of nitrogens with one attached hydrogen (secondary N) is 2. The van der Waals surface area contributed by atoms with Gasteiger partial charge in [-0.2, -0.15) is 5.10 Å². The first-order valence-electron chi connectivity index (χ1n) is 11.0. The lowest BCUT2D eigenvalue weighted by Gasteiger charge is -2.12. The van der Waals surface area contributed by atoms with Gasteiger partial charge in [0.2, 0.25) is 0 Å². The van der Waals surface area contributed by atoms with Gasteiger partial charge in [-0.15, -0.1) is 0 Å². The van der Waals surface area contributed by atoms with Crippen LogP contribution in [0.1, 0.15) is 37.0 Å². The number of fused-ring (bicyclic) bond motifs is 1. The SMILES string of the molecule is CC(C)CNc1nc(-c2cnn(C)c2)cn2c(-c3ccc(C(=O)NC4CC4)cc3)cnc12. The zero-order valence-corrected chi connectivity index (χ0v) is 18.5. The zero-order chi connectivity index (χ0) is 22.2. The molecule has 32 heavy (non-hydrogen) atoms. The molecule has 1 aromatic carbocycles. The fourth-order valence-electron chi connectivity index (χ4n) is 3.60. The van der Waals surface area contributed by atoms with Gasteiger partial charge < -0.3 is 10.6 Å². The Bertz CT molecular complexity index is 1270. The van der Waals surface area contributed by atoms with Gasteiger partial charge >= 0.3 is 0 Å². The quantitative estimate of drug-likeness (QED) is 0.467. The summed E-state index contributed by atoms with van der Waals surface area (Å²) in [5.41, 5.74) is 5.12. The van der Waals surface area contributed by atoms with E-state index in [1.54, 1.807) is 4.68 Å². The van der Waals surface area contributed by atoms with Crippen molar-refractivity contribution in [2.24, 2.45) is 13.0 Å². The fourth-order valence-corrected chi connectivity index (χ4v) is 3.60. The van der Waals surface area contributed by atoms with Crippen molar-refractivity contribution in [3.8, 4) is 22.5 Å². The van der Waals surface area contributed by atoms with E-state index in [2.05, 4.69) is 39.0 Å². The van der Waals surface area contributed by atoms with Crippen molar-refractivity contribution in [3.05, 3.63) is 54.6 Å². The second-order valence-electron chi connectivity index (χ2n) is 8.81. The van der Waals surface area contributed by atoms with E-state index in [4.69, 9.17) is 4.98 Å². The first-order chi connectivity index (χ1) is 15.5. The molecule has 0 aliphatic heterocycles. The highest BCUT2D eigenvalue weighted by Gasteiger charge is 2.23. The highest BCUT2D eigenvalue weighted by molar-refractivity contribution is 5.95. The van der Waals surface area contributed by atoms with E-state index in [-0.39, 0.29) is 5.91 Å². The summed E-state index contributed by atoms with van der Waals surface area (Å²) in [7, 11) is 1.89. The molecular formula is C24H27N7O. The third kappa shape index (κ3) is 4.08. The van der Waals surface area contributed by atoms with Gasteiger partial charge in [-0.05, 0) is 30.9 Å². The Morgan fingerprint density at radius 2 is 1.91 bits per heavy atom. The molecule has 1 aliphatic rings. The van der Waals surface area contributed by atoms with E-state index in [1.807, 2.05) is 56.1 Å². The number of benzene rings is 1. The molecule has 0 spiro atoms. The maximum absolute atomic E-state index is 12.3. The van der Waals surface area contributed by atoms with Crippen LogP contribution in [-0.4, -0.2) is 42.6 Å². The van der Waals surface area contributed by atoms with E-state index in [0.29, 0.717) is 17.5 Å². The number of hydrogen-bond acceptors (Lipinski definition) is 5. The van der Waals surface area contributed by atoms with E-state index in [1.165, 1.54) is 0 Å². The molecule has 1 saturated carbocycles. The Hall–Kier alpha value is -3.68. The summed E-state index contributed by atoms with van der Waals surface area (Å²) in [4.78, 5) is 21.8. The molecule has 1 amide bonds. The van der Waals surface area contributed by atoms with Crippen LogP contribution in [0.3, 0.4) is 0 Å². The first-order valence-corrected chi connectivity index (χ1v) is 11.0. The Morgan fingerprint density at radius 3 is 2.56 bits per heavy atom. The number of aromatic nitrogens is 5. The maximum Gasteiger partial charge on any atom is 0.251 e. The number of rotatable bonds is 7. The lowest BCUT2D eigenvalue weighted by atomic mass is 10.1. The number of aryl methyl sites for hydroxylation is 1. The molecule has 164 valence electrons. The van der Waals surface area contributed by atoms with E-state index < -0.39 is 0 Å². The van der Waals surface area contributed by atoms with Crippen molar-refractivity contribution in [3.63, 3.8) is 0 Å². The van der Waals surface area contributed by atoms with Crippen molar-refractivity contribution in [1.82, 2.24) is 29.5 Å². The number of carbonyl (C=O) groups excluding carboxylic acids is 1. The van der Waals surface area contributed by atoms with Crippen LogP contribution in [0.25, 0.3) is 28.2 Å². The number of nitrogens with zero attached hydrogens (tertiary/aromatic N) is 5. The zero-order valence-electron chi connectivity index (χ0n) is 18.5. The summed E-state index contributed by atoms with van der Waals surface area (Å²) in [6.45, 7) is 5.12. The molecule has 8 nitrogen and oxygen atoms in total. The van der Waals surface area contributed by atoms with Crippen LogP contribution in [-0.2, 0) is 7.05 Å². The molecule has 0 unspecified atom stereocenters. The summed E-state index contributed by atoms with van der Waals surface area (Å²) in [6.07, 6.45) is 9.75. The predicted molar refractivity (Wildman–Crippen MR) is 124 cm³/mol. The van der Waals surface area contributed by atoms with Gasteiger partial charge in [0, 0.05) is 48.7 Å².